The van der Waals surface area contributed by atoms with Crippen LogP contribution in [0.25, 0.3) is 12.2 Å². The van der Waals surface area contributed by atoms with Crippen LogP contribution in [-0.4, -0.2) is 4.98 Å². The van der Waals surface area contributed by atoms with E-state index in [-0.39, 0.29) is 0 Å². The lowest BCUT2D eigenvalue weighted by molar-refractivity contribution is 0.470. The van der Waals surface area contributed by atoms with Crippen molar-refractivity contribution in [3.63, 3.8) is 0 Å². The van der Waals surface area contributed by atoms with Crippen LogP contribution >= 0.6 is 0 Å². The van der Waals surface area contributed by atoms with E-state index >= 15 is 0 Å². The highest BCUT2D eigenvalue weighted by atomic mass is 16.4. The maximum absolute atomic E-state index is 11.0. The molecule has 1 aromatic rings. The smallest absolute Gasteiger partial charge is 0.408 e. The van der Waals surface area contributed by atoms with Gasteiger partial charge in [0.1, 0.15) is 5.76 Å². The average molecular weight is 189 g/mol. The van der Waals surface area contributed by atoms with Gasteiger partial charge in [-0.2, -0.15) is 4.98 Å². The molecule has 1 aliphatic rings. The molecule has 0 amide bonds. The molecule has 2 rings (SSSR count). The summed E-state index contributed by atoms with van der Waals surface area (Å²) in [6, 6.07) is 0. The first kappa shape index (κ1) is 8.94. The van der Waals surface area contributed by atoms with Crippen molar-refractivity contribution >= 4 is 12.2 Å². The predicted molar refractivity (Wildman–Crippen MR) is 54.7 cm³/mol. The third-order valence-corrected chi connectivity index (χ3v) is 2.23. The molecule has 0 spiro atoms. The third kappa shape index (κ3) is 1.53. The van der Waals surface area contributed by atoms with Crippen molar-refractivity contribution in [3.05, 3.63) is 39.7 Å². The summed E-state index contributed by atoms with van der Waals surface area (Å²) in [7, 11) is 0. The molecule has 1 aliphatic carbocycles. The number of hydrogen-bond acceptors (Lipinski definition) is 3. The minimum Gasteiger partial charge on any atom is -0.408 e. The van der Waals surface area contributed by atoms with Gasteiger partial charge in [-0.25, -0.2) is 4.79 Å². The Bertz CT molecular complexity index is 469. The standard InChI is InChI=1S/C11H11NO2/c1-7-3-5-9-8(2)12-11(13)14-10(9)6-4-7/h3-7H,1-2H3. The highest BCUT2D eigenvalue weighted by Crippen LogP contribution is 2.19. The molecule has 3 nitrogen and oxygen atoms in total. The van der Waals surface area contributed by atoms with E-state index in [4.69, 9.17) is 4.42 Å². The van der Waals surface area contributed by atoms with Crippen molar-refractivity contribution < 1.29 is 4.42 Å². The summed E-state index contributed by atoms with van der Waals surface area (Å²) in [6.45, 7) is 3.88. The van der Waals surface area contributed by atoms with E-state index in [1.54, 1.807) is 0 Å². The fraction of sp³-hybridized carbons (Fsp3) is 0.273. The molecule has 0 bridgehead atoms. The SMILES string of the molecule is Cc1nc(=O)oc2c1C=CC(C)C=C2. The molecule has 0 fully saturated rings. The molecule has 0 saturated carbocycles. The van der Waals surface area contributed by atoms with Crippen LogP contribution in [0.5, 0.6) is 0 Å². The predicted octanol–water partition coefficient (Wildman–Crippen LogP) is 2.02. The zero-order valence-corrected chi connectivity index (χ0v) is 8.15. The third-order valence-electron chi connectivity index (χ3n) is 2.23. The van der Waals surface area contributed by atoms with Crippen molar-refractivity contribution in [1.82, 2.24) is 4.98 Å². The average Bonchev–Trinajstić information content (AvgIpc) is 2.28. The summed E-state index contributed by atoms with van der Waals surface area (Å²) < 4.78 is 5.00. The van der Waals surface area contributed by atoms with Crippen LogP contribution in [0.2, 0.25) is 0 Å². The molecule has 1 unspecified atom stereocenters. The van der Waals surface area contributed by atoms with Crippen LogP contribution in [0.3, 0.4) is 0 Å². The molecule has 0 N–H and O–H groups in total. The zero-order valence-electron chi connectivity index (χ0n) is 8.15. The summed E-state index contributed by atoms with van der Waals surface area (Å²) in [5.74, 6) is 0.420. The quantitative estimate of drug-likeness (QED) is 0.627. The van der Waals surface area contributed by atoms with Crippen molar-refractivity contribution in [1.29, 1.82) is 0 Å². The van der Waals surface area contributed by atoms with E-state index < -0.39 is 5.76 Å². The van der Waals surface area contributed by atoms with Gasteiger partial charge in [-0.3, -0.25) is 0 Å². The normalized spacial score (nSPS) is 19.1. The van der Waals surface area contributed by atoms with Crippen LogP contribution in [0.15, 0.2) is 21.4 Å². The Hall–Kier alpha value is -1.64. The van der Waals surface area contributed by atoms with Crippen molar-refractivity contribution in [3.8, 4) is 0 Å². The molecule has 0 radical (unpaired) electrons. The number of rotatable bonds is 0. The highest BCUT2D eigenvalue weighted by molar-refractivity contribution is 5.65. The lowest BCUT2D eigenvalue weighted by Crippen LogP contribution is -2.08. The van der Waals surface area contributed by atoms with E-state index in [9.17, 15) is 4.79 Å². The van der Waals surface area contributed by atoms with Crippen molar-refractivity contribution in [2.75, 3.05) is 0 Å². The second kappa shape index (κ2) is 3.25. The lowest BCUT2D eigenvalue weighted by atomic mass is 10.1. The maximum Gasteiger partial charge on any atom is 0.439 e. The lowest BCUT2D eigenvalue weighted by Gasteiger charge is -1.99. The molecule has 14 heavy (non-hydrogen) atoms. The van der Waals surface area contributed by atoms with E-state index in [0.717, 1.165) is 5.56 Å². The second-order valence-corrected chi connectivity index (χ2v) is 3.42. The van der Waals surface area contributed by atoms with Crippen LogP contribution in [-0.2, 0) is 0 Å². The molecular formula is C11H11NO2. The first-order valence-corrected chi connectivity index (χ1v) is 4.55. The first-order chi connectivity index (χ1) is 6.66. The highest BCUT2D eigenvalue weighted by Gasteiger charge is 2.09. The minimum absolute atomic E-state index is 0.354. The molecule has 3 heteroatoms. The number of hydrogen-bond donors (Lipinski definition) is 0. The van der Waals surface area contributed by atoms with Gasteiger partial charge in [0, 0.05) is 5.56 Å². The molecule has 0 aliphatic heterocycles. The molecular weight excluding hydrogens is 178 g/mol. The van der Waals surface area contributed by atoms with Crippen LogP contribution in [0, 0.1) is 12.8 Å². The number of nitrogens with zero attached hydrogens (tertiary/aromatic N) is 1. The van der Waals surface area contributed by atoms with E-state index in [2.05, 4.69) is 18.0 Å². The minimum atomic E-state index is -0.533. The molecule has 72 valence electrons. The Morgan fingerprint density at radius 3 is 2.86 bits per heavy atom. The summed E-state index contributed by atoms with van der Waals surface area (Å²) >= 11 is 0. The largest absolute Gasteiger partial charge is 0.439 e. The second-order valence-electron chi connectivity index (χ2n) is 3.42. The van der Waals surface area contributed by atoms with Crippen molar-refractivity contribution in [2.24, 2.45) is 5.92 Å². The van der Waals surface area contributed by atoms with Crippen LogP contribution in [0.1, 0.15) is 23.9 Å². The van der Waals surface area contributed by atoms with E-state index in [0.29, 0.717) is 17.4 Å². The van der Waals surface area contributed by atoms with Gasteiger partial charge in [0.15, 0.2) is 0 Å². The molecule has 0 saturated heterocycles. The number of fused-ring (bicyclic) bond motifs is 1. The molecule has 1 aromatic heterocycles. The van der Waals surface area contributed by atoms with Crippen LogP contribution < -0.4 is 5.76 Å². The number of aromatic nitrogens is 1. The topological polar surface area (TPSA) is 43.1 Å². The van der Waals surface area contributed by atoms with Gasteiger partial charge in [0.2, 0.25) is 0 Å². The Balaban J connectivity index is 2.68. The van der Waals surface area contributed by atoms with Gasteiger partial charge in [0.25, 0.3) is 0 Å². The Morgan fingerprint density at radius 2 is 2.07 bits per heavy atom. The fourth-order valence-corrected chi connectivity index (χ4v) is 1.43. The van der Waals surface area contributed by atoms with Gasteiger partial charge in [0.05, 0.1) is 5.69 Å². The summed E-state index contributed by atoms with van der Waals surface area (Å²) in [5.41, 5.74) is 1.61. The maximum atomic E-state index is 11.0. The Morgan fingerprint density at radius 1 is 1.36 bits per heavy atom. The van der Waals surface area contributed by atoms with Gasteiger partial charge in [-0.1, -0.05) is 25.2 Å². The Kier molecular flexibility index (Phi) is 2.08. The van der Waals surface area contributed by atoms with Gasteiger partial charge < -0.3 is 4.42 Å². The van der Waals surface area contributed by atoms with Gasteiger partial charge in [-0.15, -0.1) is 0 Å². The number of allylic oxidation sites excluding steroid dienone is 2. The summed E-state index contributed by atoms with van der Waals surface area (Å²) in [4.78, 5) is 14.8. The van der Waals surface area contributed by atoms with Gasteiger partial charge >= 0.3 is 5.76 Å². The summed E-state index contributed by atoms with van der Waals surface area (Å²) in [5, 5.41) is 0. The summed E-state index contributed by atoms with van der Waals surface area (Å²) in [6.07, 6.45) is 7.82. The molecule has 1 atom stereocenters. The monoisotopic (exact) mass is 189 g/mol. The molecule has 0 aromatic carbocycles. The van der Waals surface area contributed by atoms with Crippen molar-refractivity contribution in [2.45, 2.75) is 13.8 Å². The van der Waals surface area contributed by atoms with Crippen LogP contribution in [0.4, 0.5) is 0 Å². The number of aryl methyl sites for hydroxylation is 1. The first-order valence-electron chi connectivity index (χ1n) is 4.55. The van der Waals surface area contributed by atoms with E-state index in [1.165, 1.54) is 0 Å². The Labute approximate surface area is 81.8 Å². The fourth-order valence-electron chi connectivity index (χ4n) is 1.43. The van der Waals surface area contributed by atoms with Gasteiger partial charge in [-0.05, 0) is 18.9 Å². The van der Waals surface area contributed by atoms with E-state index in [1.807, 2.05) is 25.2 Å². The molecule has 1 heterocycles. The zero-order chi connectivity index (χ0) is 10.1.